The van der Waals surface area contributed by atoms with E-state index in [0.29, 0.717) is 11.1 Å². The fourth-order valence-electron chi connectivity index (χ4n) is 3.01. The van der Waals surface area contributed by atoms with E-state index >= 15 is 0 Å². The van der Waals surface area contributed by atoms with E-state index in [9.17, 15) is 18.0 Å². The van der Waals surface area contributed by atoms with Gasteiger partial charge < -0.3 is 14.8 Å². The third-order valence-corrected chi connectivity index (χ3v) is 5.36. The zero-order valence-corrected chi connectivity index (χ0v) is 18.8. The Morgan fingerprint density at radius 3 is 2.62 bits per heavy atom. The van der Waals surface area contributed by atoms with Gasteiger partial charge in [-0.3, -0.25) is 9.97 Å². The molecule has 1 aliphatic rings. The largest absolute Gasteiger partial charge is 0.507 e. The number of carbonyl (C=O) groups is 1. The fourth-order valence-corrected chi connectivity index (χ4v) is 3.70. The number of amides is 1. The Labute approximate surface area is 196 Å². The van der Waals surface area contributed by atoms with Crippen molar-refractivity contribution < 1.29 is 27.4 Å². The number of alkyl halides is 3. The van der Waals surface area contributed by atoms with Gasteiger partial charge in [0.25, 0.3) is 0 Å². The van der Waals surface area contributed by atoms with Gasteiger partial charge in [0, 0.05) is 54.0 Å². The predicted octanol–water partition coefficient (Wildman–Crippen LogP) is 4.31. The van der Waals surface area contributed by atoms with Gasteiger partial charge in [-0.2, -0.15) is 0 Å². The minimum absolute atomic E-state index is 0.0414. The number of alkyl carbamates (subject to hydrolysis) is 1. The van der Waals surface area contributed by atoms with Crippen LogP contribution in [0.4, 0.5) is 18.0 Å². The molecule has 1 N–H and O–H groups in total. The van der Waals surface area contributed by atoms with Crippen molar-refractivity contribution in [2.45, 2.75) is 26.1 Å². The van der Waals surface area contributed by atoms with Gasteiger partial charge in [-0.05, 0) is 18.1 Å². The molecule has 3 aromatic heterocycles. The Balaban J connectivity index is 1.74. The molecule has 3 aromatic rings. The molecule has 9 nitrogen and oxygen atoms in total. The molecule has 0 spiro atoms. The number of rotatable bonds is 6. The lowest BCUT2D eigenvalue weighted by molar-refractivity contribution is -0.364. The smallest absolute Gasteiger partial charge is 0.408 e. The number of aromatic nitrogens is 3. The van der Waals surface area contributed by atoms with E-state index in [2.05, 4.69) is 25.4 Å². The van der Waals surface area contributed by atoms with Gasteiger partial charge in [0.05, 0.1) is 5.56 Å². The van der Waals surface area contributed by atoms with Crippen LogP contribution in [0.2, 0.25) is 0 Å². The van der Waals surface area contributed by atoms with Gasteiger partial charge in [0.2, 0.25) is 10.9 Å². The van der Waals surface area contributed by atoms with E-state index in [4.69, 9.17) is 9.47 Å². The van der Waals surface area contributed by atoms with Crippen LogP contribution in [0.1, 0.15) is 24.4 Å². The van der Waals surface area contributed by atoms with Crippen LogP contribution in [0.5, 0.6) is 0 Å². The zero-order valence-electron chi connectivity index (χ0n) is 18.0. The van der Waals surface area contributed by atoms with E-state index in [1.165, 1.54) is 24.0 Å². The highest BCUT2D eigenvalue weighted by Crippen LogP contribution is 2.45. The third-order valence-electron chi connectivity index (χ3n) is 4.51. The summed E-state index contributed by atoms with van der Waals surface area (Å²) >= 11 is 0.823. The first-order chi connectivity index (χ1) is 16.2. The molecule has 13 heteroatoms. The molecule has 4 rings (SSSR count). The molecule has 0 aromatic carbocycles. The summed E-state index contributed by atoms with van der Waals surface area (Å²) in [4.78, 5) is 24.5. The van der Waals surface area contributed by atoms with Crippen molar-refractivity contribution in [3.05, 3.63) is 65.1 Å². The number of nitrogens with one attached hydrogen (secondary N) is 1. The molecular weight excluding hydrogens is 473 g/mol. The lowest BCUT2D eigenvalue weighted by atomic mass is 10.1. The topological polar surface area (TPSA) is 102 Å². The van der Waals surface area contributed by atoms with Crippen LogP contribution in [0.25, 0.3) is 11.1 Å². The molecule has 0 saturated heterocycles. The second kappa shape index (κ2) is 9.25. The monoisotopic (exact) mass is 492 g/mol. The van der Waals surface area contributed by atoms with Crippen molar-refractivity contribution in [2.24, 2.45) is 11.0 Å². The molecule has 1 unspecified atom stereocenters. The standard InChI is InChI=1S/C21H19F3N6O3S/c1-13(2)9-28-19(31)33-20(18-27-6-7-34-18)30(21(22,23)24)29-17(32-20)16-8-15(11-26-12-16)14-4-3-5-25-10-14/h3-8,10-13H,9H2,1-2H3,(H,28,31). The molecule has 0 radical (unpaired) electrons. The first-order valence-corrected chi connectivity index (χ1v) is 10.9. The van der Waals surface area contributed by atoms with Crippen LogP contribution in [-0.2, 0) is 15.4 Å². The first kappa shape index (κ1) is 23.4. The van der Waals surface area contributed by atoms with Gasteiger partial charge in [0.1, 0.15) is 0 Å². The number of pyridine rings is 2. The summed E-state index contributed by atoms with van der Waals surface area (Å²) in [6.45, 7) is 3.84. The van der Waals surface area contributed by atoms with Crippen LogP contribution >= 0.6 is 11.3 Å². The number of nitrogens with zero attached hydrogens (tertiary/aromatic N) is 5. The molecule has 34 heavy (non-hydrogen) atoms. The molecule has 0 fully saturated rings. The Bertz CT molecular complexity index is 1170. The molecule has 1 aliphatic heterocycles. The van der Waals surface area contributed by atoms with Crippen molar-refractivity contribution in [3.8, 4) is 11.1 Å². The van der Waals surface area contributed by atoms with Crippen LogP contribution in [0.3, 0.4) is 0 Å². The van der Waals surface area contributed by atoms with Gasteiger partial charge in [0.15, 0.2) is 0 Å². The summed E-state index contributed by atoms with van der Waals surface area (Å²) in [6.07, 6.45) is 1.10. The highest BCUT2D eigenvalue weighted by Gasteiger charge is 2.63. The molecule has 178 valence electrons. The number of ether oxygens (including phenoxy) is 2. The second-order valence-corrected chi connectivity index (χ2v) is 8.47. The molecule has 0 aliphatic carbocycles. The number of thiazole rings is 1. The van der Waals surface area contributed by atoms with Crippen molar-refractivity contribution in [1.82, 2.24) is 25.3 Å². The van der Waals surface area contributed by atoms with E-state index < -0.39 is 24.2 Å². The minimum atomic E-state index is -5.07. The van der Waals surface area contributed by atoms with Crippen LogP contribution in [0.15, 0.2) is 59.7 Å². The molecule has 4 heterocycles. The molecular formula is C21H19F3N6O3S. The van der Waals surface area contributed by atoms with E-state index in [1.54, 1.807) is 30.6 Å². The Hall–Kier alpha value is -3.74. The van der Waals surface area contributed by atoms with Gasteiger partial charge in [-0.25, -0.2) is 9.78 Å². The van der Waals surface area contributed by atoms with E-state index in [1.807, 2.05) is 13.8 Å². The van der Waals surface area contributed by atoms with Crippen molar-refractivity contribution in [3.63, 3.8) is 0 Å². The molecule has 1 amide bonds. The number of hydrogen-bond donors (Lipinski definition) is 1. The molecule has 0 saturated carbocycles. The van der Waals surface area contributed by atoms with Crippen LogP contribution in [-0.4, -0.2) is 44.8 Å². The Morgan fingerprint density at radius 2 is 1.97 bits per heavy atom. The van der Waals surface area contributed by atoms with Gasteiger partial charge >= 0.3 is 18.3 Å². The van der Waals surface area contributed by atoms with Gasteiger partial charge in [-0.15, -0.1) is 34.6 Å². The summed E-state index contributed by atoms with van der Waals surface area (Å²) < 4.78 is 53.3. The lowest BCUT2D eigenvalue weighted by Crippen LogP contribution is -2.53. The lowest BCUT2D eigenvalue weighted by Gasteiger charge is -2.33. The second-order valence-electron chi connectivity index (χ2n) is 7.57. The maximum absolute atomic E-state index is 14.1. The van der Waals surface area contributed by atoms with Crippen molar-refractivity contribution in [1.29, 1.82) is 0 Å². The summed E-state index contributed by atoms with van der Waals surface area (Å²) in [5.74, 6) is -3.19. The first-order valence-electron chi connectivity index (χ1n) is 10.1. The fraction of sp³-hybridized carbons (Fsp3) is 0.286. The summed E-state index contributed by atoms with van der Waals surface area (Å²) in [5.41, 5.74) is 1.41. The third kappa shape index (κ3) is 4.78. The number of hydrazone groups is 1. The Kier molecular flexibility index (Phi) is 6.37. The highest BCUT2D eigenvalue weighted by atomic mass is 32.1. The Morgan fingerprint density at radius 1 is 1.21 bits per heavy atom. The van der Waals surface area contributed by atoms with Crippen molar-refractivity contribution >= 4 is 23.3 Å². The maximum atomic E-state index is 14.1. The van der Waals surface area contributed by atoms with E-state index in [-0.39, 0.29) is 28.0 Å². The van der Waals surface area contributed by atoms with E-state index in [0.717, 1.165) is 11.3 Å². The SMILES string of the molecule is CC(C)CNC(=O)OC1(c2nccs2)OC(c2cncc(-c3cccnc3)c2)=NN1C(F)(F)F. The number of carbonyl (C=O) groups excluding carboxylic acids is 1. The molecule has 1 atom stereocenters. The highest BCUT2D eigenvalue weighted by molar-refractivity contribution is 7.09. The van der Waals surface area contributed by atoms with Crippen molar-refractivity contribution in [2.75, 3.05) is 6.54 Å². The van der Waals surface area contributed by atoms with Gasteiger partial charge in [-0.1, -0.05) is 19.9 Å². The maximum Gasteiger partial charge on any atom is 0.507 e. The average Bonchev–Trinajstić information content (AvgIpc) is 3.47. The molecule has 0 bridgehead atoms. The van der Waals surface area contributed by atoms with Crippen LogP contribution in [0, 0.1) is 5.92 Å². The average molecular weight is 492 g/mol. The summed E-state index contributed by atoms with van der Waals surface area (Å²) in [6, 6.07) is 5.04. The summed E-state index contributed by atoms with van der Waals surface area (Å²) in [7, 11) is 0. The predicted molar refractivity (Wildman–Crippen MR) is 116 cm³/mol. The quantitative estimate of drug-likeness (QED) is 0.512. The number of halogens is 3. The normalized spacial score (nSPS) is 17.9. The minimum Gasteiger partial charge on any atom is -0.408 e. The van der Waals surface area contributed by atoms with Crippen LogP contribution < -0.4 is 5.32 Å². The number of hydrogen-bond acceptors (Lipinski definition) is 9. The zero-order chi connectivity index (χ0) is 24.3. The summed E-state index contributed by atoms with van der Waals surface area (Å²) in [5, 5.41) is 6.87.